The van der Waals surface area contributed by atoms with Crippen LogP contribution in [0.3, 0.4) is 0 Å². The zero-order valence-electron chi connectivity index (χ0n) is 7.88. The van der Waals surface area contributed by atoms with Crippen molar-refractivity contribution in [2.45, 2.75) is 33.3 Å². The zero-order chi connectivity index (χ0) is 9.52. The second kappa shape index (κ2) is 2.57. The van der Waals surface area contributed by atoms with Gasteiger partial charge < -0.3 is 4.74 Å². The molecule has 1 aliphatic heterocycles. The summed E-state index contributed by atoms with van der Waals surface area (Å²) >= 11 is 0. The minimum absolute atomic E-state index is 0.0950. The van der Waals surface area contributed by atoms with Crippen LogP contribution in [0, 0.1) is 11.8 Å². The molecule has 0 unspecified atom stereocenters. The molecule has 0 aromatic heterocycles. The van der Waals surface area contributed by atoms with Crippen LogP contribution < -0.4 is 0 Å². The molecule has 1 saturated heterocycles. The van der Waals surface area contributed by atoms with Gasteiger partial charge in [0.25, 0.3) is 0 Å². The molecule has 1 aliphatic rings. The number of ether oxygens (including phenoxy) is 1. The van der Waals surface area contributed by atoms with E-state index in [0.29, 0.717) is 0 Å². The Bertz CT molecular complexity index is 224. The van der Waals surface area contributed by atoms with Gasteiger partial charge in [0.05, 0.1) is 0 Å². The number of carbonyl (C=O) groups is 2. The van der Waals surface area contributed by atoms with E-state index in [9.17, 15) is 9.59 Å². The van der Waals surface area contributed by atoms with Crippen molar-refractivity contribution in [2.24, 2.45) is 11.8 Å². The molecule has 12 heavy (non-hydrogen) atoms. The third-order valence-electron chi connectivity index (χ3n) is 2.68. The maximum absolute atomic E-state index is 11.1. The molecule has 1 heterocycles. The number of Topliss-reactive ketones (excluding diaryl/α,β-unsaturated/α-hetero) is 1. The number of ketones is 1. The summed E-state index contributed by atoms with van der Waals surface area (Å²) in [5.41, 5.74) is -0.567. The minimum Gasteiger partial charge on any atom is -0.457 e. The summed E-state index contributed by atoms with van der Waals surface area (Å²) in [5.74, 6) is -0.831. The summed E-state index contributed by atoms with van der Waals surface area (Å²) in [5, 5.41) is 0. The van der Waals surface area contributed by atoms with Gasteiger partial charge in [0.2, 0.25) is 0 Å². The van der Waals surface area contributed by atoms with Crippen molar-refractivity contribution >= 4 is 11.8 Å². The van der Waals surface area contributed by atoms with Crippen molar-refractivity contribution in [3.63, 3.8) is 0 Å². The Morgan fingerprint density at radius 1 is 1.58 bits per heavy atom. The van der Waals surface area contributed by atoms with Crippen LogP contribution >= 0.6 is 0 Å². The average molecular weight is 170 g/mol. The lowest BCUT2D eigenvalue weighted by Gasteiger charge is -2.46. The molecule has 0 aromatic carbocycles. The van der Waals surface area contributed by atoms with Crippen LogP contribution in [-0.2, 0) is 14.3 Å². The third-order valence-corrected chi connectivity index (χ3v) is 2.68. The largest absolute Gasteiger partial charge is 0.457 e. The molecule has 0 spiro atoms. The van der Waals surface area contributed by atoms with Crippen LogP contribution in [-0.4, -0.2) is 17.4 Å². The second-order valence-corrected chi connectivity index (χ2v) is 3.80. The average Bonchev–Trinajstić information content (AvgIpc) is 1.83. The van der Waals surface area contributed by atoms with Crippen molar-refractivity contribution < 1.29 is 14.3 Å². The lowest BCUT2D eigenvalue weighted by molar-refractivity contribution is -0.216. The fourth-order valence-corrected chi connectivity index (χ4v) is 1.53. The third kappa shape index (κ3) is 1.04. The molecular formula is C9H14O3. The van der Waals surface area contributed by atoms with E-state index in [0.717, 1.165) is 0 Å². The van der Waals surface area contributed by atoms with Crippen LogP contribution in [0.5, 0.6) is 0 Å². The quantitative estimate of drug-likeness (QED) is 0.461. The lowest BCUT2D eigenvalue weighted by Crippen LogP contribution is -2.61. The minimum atomic E-state index is -0.567. The highest BCUT2D eigenvalue weighted by Gasteiger charge is 2.57. The molecule has 3 nitrogen and oxygen atoms in total. The summed E-state index contributed by atoms with van der Waals surface area (Å²) in [6.07, 6.45) is 0. The number of esters is 1. The molecule has 1 rings (SSSR count). The maximum atomic E-state index is 11.1. The Hall–Kier alpha value is -0.860. The predicted molar refractivity (Wildman–Crippen MR) is 43.5 cm³/mol. The van der Waals surface area contributed by atoms with E-state index < -0.39 is 11.5 Å². The van der Waals surface area contributed by atoms with E-state index >= 15 is 0 Å². The highest BCUT2D eigenvalue weighted by molar-refractivity contribution is 6.03. The van der Waals surface area contributed by atoms with Crippen LogP contribution in [0.2, 0.25) is 0 Å². The lowest BCUT2D eigenvalue weighted by atomic mass is 9.73. The van der Waals surface area contributed by atoms with Crippen molar-refractivity contribution in [1.29, 1.82) is 0 Å². The Balaban J connectivity index is 2.84. The Morgan fingerprint density at radius 2 is 2.08 bits per heavy atom. The van der Waals surface area contributed by atoms with Gasteiger partial charge >= 0.3 is 5.97 Å². The second-order valence-electron chi connectivity index (χ2n) is 3.80. The van der Waals surface area contributed by atoms with Gasteiger partial charge in [0.15, 0.2) is 5.92 Å². The van der Waals surface area contributed by atoms with Crippen molar-refractivity contribution in [3.8, 4) is 0 Å². The summed E-state index contributed by atoms with van der Waals surface area (Å²) in [7, 11) is 0. The van der Waals surface area contributed by atoms with Crippen LogP contribution in [0.4, 0.5) is 0 Å². The molecule has 0 bridgehead atoms. The first-order valence-corrected chi connectivity index (χ1v) is 4.13. The molecule has 0 radical (unpaired) electrons. The van der Waals surface area contributed by atoms with Gasteiger partial charge in [-0.1, -0.05) is 13.8 Å². The maximum Gasteiger partial charge on any atom is 0.321 e. The first kappa shape index (κ1) is 9.23. The van der Waals surface area contributed by atoms with Crippen LogP contribution in [0.15, 0.2) is 0 Å². The number of hydrogen-bond donors (Lipinski definition) is 0. The number of cyclic esters (lactones) is 1. The standard InChI is InChI=1S/C9H14O3/c1-5(2)9(4)7(6(3)10)8(11)12-9/h5,7H,1-4H3/t7-,9+/m1/s1. The smallest absolute Gasteiger partial charge is 0.321 e. The predicted octanol–water partition coefficient (Wildman–Crippen LogP) is 1.16. The van der Waals surface area contributed by atoms with Gasteiger partial charge in [-0.3, -0.25) is 9.59 Å². The molecule has 0 amide bonds. The SMILES string of the molecule is CC(=O)[C@@H]1C(=O)O[C@@]1(C)C(C)C. The van der Waals surface area contributed by atoms with Crippen LogP contribution in [0.25, 0.3) is 0 Å². The molecule has 2 atom stereocenters. The molecule has 1 fully saturated rings. The van der Waals surface area contributed by atoms with Crippen molar-refractivity contribution in [1.82, 2.24) is 0 Å². The van der Waals surface area contributed by atoms with E-state index in [2.05, 4.69) is 0 Å². The zero-order valence-corrected chi connectivity index (χ0v) is 7.88. The number of rotatable bonds is 2. The summed E-state index contributed by atoms with van der Waals surface area (Å²) in [4.78, 5) is 22.0. The molecular weight excluding hydrogens is 156 g/mol. The molecule has 0 aliphatic carbocycles. The fraction of sp³-hybridized carbons (Fsp3) is 0.778. The normalized spacial score (nSPS) is 34.4. The molecule has 0 N–H and O–H groups in total. The van der Waals surface area contributed by atoms with E-state index in [4.69, 9.17) is 4.74 Å². The first-order chi connectivity index (χ1) is 5.39. The van der Waals surface area contributed by atoms with Gasteiger partial charge in [0.1, 0.15) is 11.4 Å². The van der Waals surface area contributed by atoms with Gasteiger partial charge in [-0.15, -0.1) is 0 Å². The van der Waals surface area contributed by atoms with E-state index in [1.54, 1.807) is 0 Å². The summed E-state index contributed by atoms with van der Waals surface area (Å²) in [6, 6.07) is 0. The van der Waals surface area contributed by atoms with Gasteiger partial charge in [-0.05, 0) is 19.8 Å². The van der Waals surface area contributed by atoms with Gasteiger partial charge in [-0.25, -0.2) is 0 Å². The van der Waals surface area contributed by atoms with Crippen molar-refractivity contribution in [2.75, 3.05) is 0 Å². The van der Waals surface area contributed by atoms with E-state index in [1.165, 1.54) is 6.92 Å². The Morgan fingerprint density at radius 3 is 2.25 bits per heavy atom. The van der Waals surface area contributed by atoms with E-state index in [1.807, 2.05) is 20.8 Å². The number of hydrogen-bond acceptors (Lipinski definition) is 3. The van der Waals surface area contributed by atoms with Gasteiger partial charge in [0, 0.05) is 0 Å². The fourth-order valence-electron chi connectivity index (χ4n) is 1.53. The molecule has 0 saturated carbocycles. The topological polar surface area (TPSA) is 43.4 Å². The van der Waals surface area contributed by atoms with Crippen molar-refractivity contribution in [3.05, 3.63) is 0 Å². The summed E-state index contributed by atoms with van der Waals surface area (Å²) in [6.45, 7) is 7.14. The molecule has 68 valence electrons. The highest BCUT2D eigenvalue weighted by atomic mass is 16.6. The van der Waals surface area contributed by atoms with E-state index in [-0.39, 0.29) is 17.7 Å². The van der Waals surface area contributed by atoms with Crippen LogP contribution in [0.1, 0.15) is 27.7 Å². The molecule has 3 heteroatoms. The Kier molecular flexibility index (Phi) is 1.98. The van der Waals surface area contributed by atoms with Gasteiger partial charge in [-0.2, -0.15) is 0 Å². The number of carbonyl (C=O) groups excluding carboxylic acids is 2. The highest BCUT2D eigenvalue weighted by Crippen LogP contribution is 2.40. The molecule has 0 aromatic rings. The monoisotopic (exact) mass is 170 g/mol. The Labute approximate surface area is 72.1 Å². The summed E-state index contributed by atoms with van der Waals surface area (Å²) < 4.78 is 5.00. The first-order valence-electron chi connectivity index (χ1n) is 4.13.